The summed E-state index contributed by atoms with van der Waals surface area (Å²) in [6.07, 6.45) is 0. The summed E-state index contributed by atoms with van der Waals surface area (Å²) in [5.74, 6) is 0. The molecule has 7 rings (SSSR count). The van der Waals surface area contributed by atoms with Crippen LogP contribution in [0.3, 0.4) is 0 Å². The van der Waals surface area contributed by atoms with E-state index in [2.05, 4.69) is 109 Å². The molecule has 7 aromatic carbocycles. The first-order valence-corrected chi connectivity index (χ1v) is 11.0. The van der Waals surface area contributed by atoms with Crippen molar-refractivity contribution < 1.29 is 0 Å². The van der Waals surface area contributed by atoms with Crippen molar-refractivity contribution in [2.75, 3.05) is 0 Å². The van der Waals surface area contributed by atoms with E-state index >= 15 is 0 Å². The molecule has 0 bridgehead atoms. The fourth-order valence-corrected chi connectivity index (χ4v) is 4.19. The highest BCUT2D eigenvalue weighted by molar-refractivity contribution is 6.22. The fraction of sp³-hybridized carbons (Fsp3) is 0. The predicted molar refractivity (Wildman–Crippen MR) is 141 cm³/mol. The molecule has 0 amide bonds. The van der Waals surface area contributed by atoms with E-state index in [9.17, 15) is 0 Å². The molecule has 0 heterocycles. The van der Waals surface area contributed by atoms with Crippen molar-refractivity contribution in [1.29, 1.82) is 0 Å². The molecular formula is C32H24. The van der Waals surface area contributed by atoms with Gasteiger partial charge in [0.2, 0.25) is 0 Å². The van der Waals surface area contributed by atoms with Crippen LogP contribution >= 0.6 is 0 Å². The molecule has 0 spiro atoms. The molecule has 0 heteroatoms. The van der Waals surface area contributed by atoms with Crippen LogP contribution in [0.25, 0.3) is 43.1 Å². The summed E-state index contributed by atoms with van der Waals surface area (Å²) >= 11 is 0. The number of benzene rings is 7. The maximum Gasteiger partial charge on any atom is -0.00268 e. The van der Waals surface area contributed by atoms with Crippen LogP contribution in [0.2, 0.25) is 0 Å². The Morgan fingerprint density at radius 1 is 0.188 bits per heavy atom. The van der Waals surface area contributed by atoms with Crippen molar-refractivity contribution in [2.45, 2.75) is 0 Å². The van der Waals surface area contributed by atoms with Gasteiger partial charge >= 0.3 is 0 Å². The van der Waals surface area contributed by atoms with Gasteiger partial charge in [-0.1, -0.05) is 146 Å². The first-order chi connectivity index (χ1) is 15.9. The molecule has 32 heavy (non-hydrogen) atoms. The van der Waals surface area contributed by atoms with Crippen LogP contribution < -0.4 is 0 Å². The molecule has 152 valence electrons. The smallest absolute Gasteiger partial charge is 0.00268 e. The predicted octanol–water partition coefficient (Wildman–Crippen LogP) is 9.11. The lowest BCUT2D eigenvalue weighted by atomic mass is 9.95. The van der Waals surface area contributed by atoms with Gasteiger partial charge in [0.05, 0.1) is 0 Å². The Kier molecular flexibility index (Phi) is 5.76. The fourth-order valence-electron chi connectivity index (χ4n) is 4.19. The molecule has 0 aliphatic heterocycles. The summed E-state index contributed by atoms with van der Waals surface area (Å²) in [4.78, 5) is 0. The Bertz CT molecular complexity index is 1340. The van der Waals surface area contributed by atoms with Gasteiger partial charge in [-0.2, -0.15) is 0 Å². The highest BCUT2D eigenvalue weighted by atomic mass is 14.1. The van der Waals surface area contributed by atoms with Crippen LogP contribution in [0, 0.1) is 0 Å². The Hall–Kier alpha value is -4.16. The van der Waals surface area contributed by atoms with E-state index in [1.807, 2.05) is 36.4 Å². The van der Waals surface area contributed by atoms with Gasteiger partial charge in [-0.15, -0.1) is 0 Å². The standard InChI is InChI=1S/C16H10.C10H8.C6H6/c1-3-11-7-9-13-5-2-6-14-10-8-12(4-1)15(11)16(13)14;1-2-6-10-8-4-3-7-9(10)5-1;1-2-4-6-5-3-1/h1-10H;1-8H;1-6H. The zero-order chi connectivity index (χ0) is 21.6. The maximum atomic E-state index is 2.21. The molecule has 0 nitrogen and oxygen atoms in total. The van der Waals surface area contributed by atoms with Crippen molar-refractivity contribution >= 4 is 43.1 Å². The third-order valence-electron chi connectivity index (χ3n) is 5.72. The summed E-state index contributed by atoms with van der Waals surface area (Å²) in [5.41, 5.74) is 0. The zero-order valence-electron chi connectivity index (χ0n) is 17.9. The lowest BCUT2D eigenvalue weighted by Crippen LogP contribution is -1.82. The van der Waals surface area contributed by atoms with Gasteiger partial charge in [-0.3, -0.25) is 0 Å². The number of hydrogen-bond acceptors (Lipinski definition) is 0. The lowest BCUT2D eigenvalue weighted by molar-refractivity contribution is 1.72. The van der Waals surface area contributed by atoms with E-state index in [-0.39, 0.29) is 0 Å². The van der Waals surface area contributed by atoms with Crippen LogP contribution in [-0.4, -0.2) is 0 Å². The molecule has 0 unspecified atom stereocenters. The van der Waals surface area contributed by atoms with Gasteiger partial charge in [0.15, 0.2) is 0 Å². The molecule has 0 radical (unpaired) electrons. The summed E-state index contributed by atoms with van der Waals surface area (Å²) in [5, 5.41) is 10.8. The highest BCUT2D eigenvalue weighted by Gasteiger charge is 2.05. The van der Waals surface area contributed by atoms with Crippen molar-refractivity contribution in [1.82, 2.24) is 0 Å². The molecule has 0 aliphatic carbocycles. The summed E-state index contributed by atoms with van der Waals surface area (Å²) in [6.45, 7) is 0. The Labute approximate surface area is 188 Å². The SMILES string of the molecule is c1cc2ccc3cccc4ccc(c1)c2c34.c1ccc2ccccc2c1.c1ccccc1. The van der Waals surface area contributed by atoms with E-state index in [4.69, 9.17) is 0 Å². The van der Waals surface area contributed by atoms with Crippen molar-refractivity contribution in [3.8, 4) is 0 Å². The summed E-state index contributed by atoms with van der Waals surface area (Å²) in [6, 6.07) is 50.6. The van der Waals surface area contributed by atoms with Crippen LogP contribution in [0.4, 0.5) is 0 Å². The lowest BCUT2D eigenvalue weighted by Gasteiger charge is -2.09. The Balaban J connectivity index is 0.000000115. The maximum absolute atomic E-state index is 2.21. The van der Waals surface area contributed by atoms with E-state index in [0.29, 0.717) is 0 Å². The minimum Gasteiger partial charge on any atom is -0.0623 e. The van der Waals surface area contributed by atoms with Gasteiger partial charge in [0, 0.05) is 0 Å². The van der Waals surface area contributed by atoms with Crippen molar-refractivity contribution in [3.63, 3.8) is 0 Å². The largest absolute Gasteiger partial charge is 0.0623 e. The molecule has 0 aromatic heterocycles. The van der Waals surface area contributed by atoms with Crippen LogP contribution in [-0.2, 0) is 0 Å². The van der Waals surface area contributed by atoms with E-state index < -0.39 is 0 Å². The van der Waals surface area contributed by atoms with Crippen LogP contribution in [0.1, 0.15) is 0 Å². The van der Waals surface area contributed by atoms with Gasteiger partial charge in [0.25, 0.3) is 0 Å². The number of rotatable bonds is 0. The Morgan fingerprint density at radius 3 is 0.719 bits per heavy atom. The average molecular weight is 409 g/mol. The van der Waals surface area contributed by atoms with E-state index in [0.717, 1.165) is 0 Å². The van der Waals surface area contributed by atoms with Crippen LogP contribution in [0.5, 0.6) is 0 Å². The topological polar surface area (TPSA) is 0 Å². The second-order valence-corrected chi connectivity index (χ2v) is 7.79. The van der Waals surface area contributed by atoms with Gasteiger partial charge in [-0.25, -0.2) is 0 Å². The molecule has 0 fully saturated rings. The normalized spacial score (nSPS) is 10.5. The minimum absolute atomic E-state index is 1.31. The molecule has 0 aliphatic rings. The minimum atomic E-state index is 1.31. The molecule has 0 atom stereocenters. The molecule has 7 aromatic rings. The monoisotopic (exact) mass is 408 g/mol. The summed E-state index contributed by atoms with van der Waals surface area (Å²) in [7, 11) is 0. The molecule has 0 saturated heterocycles. The number of fused-ring (bicyclic) bond motifs is 1. The van der Waals surface area contributed by atoms with Crippen LogP contribution in [0.15, 0.2) is 146 Å². The highest BCUT2D eigenvalue weighted by Crippen LogP contribution is 2.33. The van der Waals surface area contributed by atoms with Gasteiger partial charge in [0.1, 0.15) is 0 Å². The van der Waals surface area contributed by atoms with E-state index in [1.165, 1.54) is 43.1 Å². The van der Waals surface area contributed by atoms with Crippen molar-refractivity contribution in [2.24, 2.45) is 0 Å². The van der Waals surface area contributed by atoms with E-state index in [1.54, 1.807) is 0 Å². The van der Waals surface area contributed by atoms with Gasteiger partial charge < -0.3 is 0 Å². The molecule has 0 N–H and O–H groups in total. The Morgan fingerprint density at radius 2 is 0.438 bits per heavy atom. The molecular weight excluding hydrogens is 384 g/mol. The third kappa shape index (κ3) is 4.17. The number of hydrogen-bond donors (Lipinski definition) is 0. The first-order valence-electron chi connectivity index (χ1n) is 11.0. The van der Waals surface area contributed by atoms with Gasteiger partial charge in [-0.05, 0) is 43.1 Å². The second-order valence-electron chi connectivity index (χ2n) is 7.79. The van der Waals surface area contributed by atoms with Crippen molar-refractivity contribution in [3.05, 3.63) is 146 Å². The average Bonchev–Trinajstić information content (AvgIpc) is 2.89. The third-order valence-corrected chi connectivity index (χ3v) is 5.72. The first kappa shape index (κ1) is 19.8. The molecule has 0 saturated carbocycles. The summed E-state index contributed by atoms with van der Waals surface area (Å²) < 4.78 is 0. The quantitative estimate of drug-likeness (QED) is 0.219. The second kappa shape index (κ2) is 9.32. The zero-order valence-corrected chi connectivity index (χ0v) is 17.9.